The van der Waals surface area contributed by atoms with Gasteiger partial charge in [0, 0.05) is 58.1 Å². The Morgan fingerprint density at radius 3 is 2.77 bits per heavy atom. The summed E-state index contributed by atoms with van der Waals surface area (Å²) in [6.45, 7) is 10.6. The van der Waals surface area contributed by atoms with Crippen LogP contribution >= 0.6 is 0 Å². The van der Waals surface area contributed by atoms with E-state index in [9.17, 15) is 0 Å². The molecule has 0 radical (unpaired) electrons. The number of hydrogen-bond donors (Lipinski definition) is 2. The van der Waals surface area contributed by atoms with Gasteiger partial charge in [-0.05, 0) is 19.1 Å². The van der Waals surface area contributed by atoms with E-state index in [0.717, 1.165) is 24.7 Å². The molecule has 3 aliphatic rings. The molecule has 4 rings (SSSR count). The van der Waals surface area contributed by atoms with E-state index in [1.807, 2.05) is 24.4 Å². The fourth-order valence-corrected chi connectivity index (χ4v) is 3.13. The highest BCUT2D eigenvalue weighted by atomic mass is 15.4. The number of pyridine rings is 1. The van der Waals surface area contributed by atoms with Crippen molar-refractivity contribution >= 4 is 5.96 Å². The summed E-state index contributed by atoms with van der Waals surface area (Å²) in [5.74, 6) is 0.880. The summed E-state index contributed by atoms with van der Waals surface area (Å²) in [4.78, 5) is 14.1. The van der Waals surface area contributed by atoms with Crippen LogP contribution in [0.15, 0.2) is 29.4 Å². The minimum atomic E-state index is 0.598. The lowest BCUT2D eigenvalue weighted by atomic mass is 10.1. The van der Waals surface area contributed by atoms with E-state index in [1.54, 1.807) is 0 Å². The van der Waals surface area contributed by atoms with Crippen LogP contribution in [0.1, 0.15) is 12.6 Å². The number of aromatic nitrogens is 1. The summed E-state index contributed by atoms with van der Waals surface area (Å²) in [5, 5.41) is 6.80. The molecule has 6 heteroatoms. The number of fused-ring (bicyclic) bond motifs is 3. The van der Waals surface area contributed by atoms with Crippen LogP contribution in [0.4, 0.5) is 0 Å². The first kappa shape index (κ1) is 15.2. The van der Waals surface area contributed by atoms with Gasteiger partial charge in [-0.25, -0.2) is 4.99 Å². The van der Waals surface area contributed by atoms with Crippen molar-refractivity contribution in [1.29, 1.82) is 0 Å². The quantitative estimate of drug-likeness (QED) is 0.598. The van der Waals surface area contributed by atoms with Crippen LogP contribution in [0.2, 0.25) is 0 Å². The van der Waals surface area contributed by atoms with Crippen molar-refractivity contribution in [2.24, 2.45) is 4.99 Å². The average molecular weight is 302 g/mol. The second kappa shape index (κ2) is 7.56. The maximum absolute atomic E-state index is 4.63. The number of nitrogens with one attached hydrogen (secondary N) is 2. The predicted octanol–water partition coefficient (Wildman–Crippen LogP) is 0.137. The predicted molar refractivity (Wildman–Crippen MR) is 88.9 cm³/mol. The number of guanidine groups is 1. The van der Waals surface area contributed by atoms with Crippen LogP contribution in [0, 0.1) is 0 Å². The van der Waals surface area contributed by atoms with E-state index < -0.39 is 0 Å². The molecule has 120 valence electrons. The standard InChI is InChI=1S/C16H26N6/c1-2-17-16(19-11-14-5-3-4-6-18-14)20-12-15-13-21-7-9-22(15)10-8-21/h3-6,15H,2,7-13H2,1H3,(H2,17,19,20). The van der Waals surface area contributed by atoms with E-state index in [2.05, 4.69) is 37.3 Å². The molecule has 1 unspecified atom stereocenters. The first-order valence-electron chi connectivity index (χ1n) is 8.23. The van der Waals surface area contributed by atoms with Gasteiger partial charge >= 0.3 is 0 Å². The summed E-state index contributed by atoms with van der Waals surface area (Å²) >= 11 is 0. The molecule has 0 aromatic carbocycles. The molecule has 0 spiro atoms. The summed E-state index contributed by atoms with van der Waals surface area (Å²) in [6.07, 6.45) is 1.81. The van der Waals surface area contributed by atoms with Crippen molar-refractivity contribution in [3.8, 4) is 0 Å². The second-order valence-electron chi connectivity index (χ2n) is 5.89. The maximum Gasteiger partial charge on any atom is 0.191 e. The van der Waals surface area contributed by atoms with Gasteiger partial charge in [-0.15, -0.1) is 0 Å². The number of rotatable bonds is 5. The number of piperazine rings is 3. The third-order valence-electron chi connectivity index (χ3n) is 4.37. The second-order valence-corrected chi connectivity index (χ2v) is 5.89. The average Bonchev–Trinajstić information content (AvgIpc) is 2.59. The highest BCUT2D eigenvalue weighted by Gasteiger charge is 2.31. The molecule has 2 N–H and O–H groups in total. The zero-order valence-corrected chi connectivity index (χ0v) is 13.3. The molecule has 3 fully saturated rings. The number of aliphatic imine (C=N–C) groups is 1. The van der Waals surface area contributed by atoms with Gasteiger partial charge in [0.05, 0.1) is 12.2 Å². The first-order chi connectivity index (χ1) is 10.8. The Labute approximate surface area is 132 Å². The fraction of sp³-hybridized carbons (Fsp3) is 0.625. The number of hydrogen-bond acceptors (Lipinski definition) is 4. The molecule has 22 heavy (non-hydrogen) atoms. The van der Waals surface area contributed by atoms with E-state index >= 15 is 0 Å². The minimum absolute atomic E-state index is 0.598. The molecule has 3 aliphatic heterocycles. The lowest BCUT2D eigenvalue weighted by Gasteiger charge is -2.47. The highest BCUT2D eigenvalue weighted by Crippen LogP contribution is 2.14. The van der Waals surface area contributed by atoms with Gasteiger partial charge < -0.3 is 10.6 Å². The maximum atomic E-state index is 4.63. The Morgan fingerprint density at radius 1 is 1.27 bits per heavy atom. The Kier molecular flexibility index (Phi) is 5.24. The van der Waals surface area contributed by atoms with Crippen molar-refractivity contribution in [2.75, 3.05) is 45.8 Å². The van der Waals surface area contributed by atoms with Crippen LogP contribution in [0.25, 0.3) is 0 Å². The van der Waals surface area contributed by atoms with Gasteiger partial charge in [-0.2, -0.15) is 0 Å². The third kappa shape index (κ3) is 3.96. The van der Waals surface area contributed by atoms with Crippen molar-refractivity contribution in [3.63, 3.8) is 0 Å². The SMILES string of the molecule is CCNC(=NCc1ccccn1)NCC1CN2CCN1CC2. The molecule has 6 nitrogen and oxygen atoms in total. The summed E-state index contributed by atoms with van der Waals surface area (Å²) in [5.41, 5.74) is 0.992. The fourth-order valence-electron chi connectivity index (χ4n) is 3.13. The van der Waals surface area contributed by atoms with Gasteiger partial charge in [0.15, 0.2) is 5.96 Å². The smallest absolute Gasteiger partial charge is 0.191 e. The van der Waals surface area contributed by atoms with Gasteiger partial charge in [0.2, 0.25) is 0 Å². The molecule has 1 aromatic rings. The lowest BCUT2D eigenvalue weighted by molar-refractivity contribution is 0.0154. The van der Waals surface area contributed by atoms with Crippen LogP contribution in [0.3, 0.4) is 0 Å². The van der Waals surface area contributed by atoms with E-state index in [4.69, 9.17) is 0 Å². The van der Waals surface area contributed by atoms with Gasteiger partial charge in [0.25, 0.3) is 0 Å². The Hall–Kier alpha value is -1.66. The monoisotopic (exact) mass is 302 g/mol. The molecule has 2 bridgehead atoms. The molecule has 4 heterocycles. The lowest BCUT2D eigenvalue weighted by Crippen LogP contribution is -2.63. The van der Waals surface area contributed by atoms with Crippen molar-refractivity contribution in [1.82, 2.24) is 25.4 Å². The van der Waals surface area contributed by atoms with Crippen molar-refractivity contribution < 1.29 is 0 Å². The normalized spacial score (nSPS) is 27.7. The Bertz CT molecular complexity index is 481. The van der Waals surface area contributed by atoms with E-state index in [1.165, 1.54) is 32.7 Å². The molecule has 3 saturated heterocycles. The van der Waals surface area contributed by atoms with Gasteiger partial charge in [0.1, 0.15) is 0 Å². The first-order valence-corrected chi connectivity index (χ1v) is 8.23. The van der Waals surface area contributed by atoms with E-state index in [-0.39, 0.29) is 0 Å². The van der Waals surface area contributed by atoms with Crippen LogP contribution < -0.4 is 10.6 Å². The molecule has 1 aromatic heterocycles. The van der Waals surface area contributed by atoms with Gasteiger partial charge in [-0.3, -0.25) is 14.8 Å². The molecule has 1 atom stereocenters. The molecule has 0 saturated carbocycles. The molecular formula is C16H26N6. The summed E-state index contributed by atoms with van der Waals surface area (Å²) in [6, 6.07) is 6.53. The zero-order valence-electron chi connectivity index (χ0n) is 13.3. The number of nitrogens with zero attached hydrogens (tertiary/aromatic N) is 4. The molecule has 0 amide bonds. The minimum Gasteiger partial charge on any atom is -0.357 e. The Morgan fingerprint density at radius 2 is 2.14 bits per heavy atom. The summed E-state index contributed by atoms with van der Waals surface area (Å²) in [7, 11) is 0. The van der Waals surface area contributed by atoms with Crippen molar-refractivity contribution in [2.45, 2.75) is 19.5 Å². The van der Waals surface area contributed by atoms with Gasteiger partial charge in [-0.1, -0.05) is 6.07 Å². The topological polar surface area (TPSA) is 55.8 Å². The molecule has 0 aliphatic carbocycles. The zero-order chi connectivity index (χ0) is 15.2. The van der Waals surface area contributed by atoms with E-state index in [0.29, 0.717) is 12.6 Å². The van der Waals surface area contributed by atoms with Crippen LogP contribution in [-0.4, -0.2) is 72.6 Å². The van der Waals surface area contributed by atoms with Crippen LogP contribution in [0.5, 0.6) is 0 Å². The van der Waals surface area contributed by atoms with Crippen LogP contribution in [-0.2, 0) is 6.54 Å². The highest BCUT2D eigenvalue weighted by molar-refractivity contribution is 5.79. The third-order valence-corrected chi connectivity index (χ3v) is 4.37. The largest absolute Gasteiger partial charge is 0.357 e. The van der Waals surface area contributed by atoms with Crippen molar-refractivity contribution in [3.05, 3.63) is 30.1 Å². The summed E-state index contributed by atoms with van der Waals surface area (Å²) < 4.78 is 0. The molecular weight excluding hydrogens is 276 g/mol. The Balaban J connectivity index is 1.53.